The quantitative estimate of drug-likeness (QED) is 0.393. The molecule has 0 heterocycles. The smallest absolute Gasteiger partial charge is 0.340 e. The molecule has 0 aliphatic carbocycles. The fourth-order valence-electron chi connectivity index (χ4n) is 1.28. The molecule has 19 heavy (non-hydrogen) atoms. The van der Waals surface area contributed by atoms with Crippen LogP contribution in [0, 0.1) is 33.6 Å². The minimum absolute atomic E-state index is 0.00317. The van der Waals surface area contributed by atoms with Crippen LogP contribution in [0.3, 0.4) is 0 Å². The van der Waals surface area contributed by atoms with E-state index >= 15 is 0 Å². The zero-order chi connectivity index (χ0) is 14.4. The minimum atomic E-state index is -1.27. The maximum atomic E-state index is 13.2. The minimum Gasteiger partial charge on any atom is -0.355 e. The fourth-order valence-corrected chi connectivity index (χ4v) is 1.28. The van der Waals surface area contributed by atoms with E-state index in [0.717, 1.165) is 12.1 Å². The molecular formula is C12H10F2N2O3. The molecule has 0 atom stereocenters. The summed E-state index contributed by atoms with van der Waals surface area (Å²) < 4.78 is 26.5. The Morgan fingerprint density at radius 3 is 2.47 bits per heavy atom. The topological polar surface area (TPSA) is 72.2 Å². The number of hydrogen-bond donors (Lipinski definition) is 1. The number of benzene rings is 1. The molecule has 0 aliphatic rings. The predicted octanol–water partition coefficient (Wildman–Crippen LogP) is 1.75. The van der Waals surface area contributed by atoms with E-state index in [0.29, 0.717) is 13.0 Å². The number of nitrogens with one attached hydrogen (secondary N) is 1. The van der Waals surface area contributed by atoms with Crippen LogP contribution in [-0.2, 0) is 4.79 Å². The Labute approximate surface area is 107 Å². The van der Waals surface area contributed by atoms with Gasteiger partial charge in [-0.1, -0.05) is 11.8 Å². The van der Waals surface area contributed by atoms with Crippen molar-refractivity contribution in [1.29, 1.82) is 0 Å². The number of halogens is 2. The summed E-state index contributed by atoms with van der Waals surface area (Å²) in [5.74, 6) is 2.32. The van der Waals surface area contributed by atoms with Gasteiger partial charge in [-0.3, -0.25) is 14.9 Å². The zero-order valence-corrected chi connectivity index (χ0v) is 10.00. The van der Waals surface area contributed by atoms with Gasteiger partial charge in [0.25, 0.3) is 0 Å². The van der Waals surface area contributed by atoms with Crippen molar-refractivity contribution < 1.29 is 18.5 Å². The highest BCUT2D eigenvalue weighted by Crippen LogP contribution is 2.22. The Bertz CT molecular complexity index is 553. The third-order valence-electron chi connectivity index (χ3n) is 2.06. The Morgan fingerprint density at radius 2 is 2.00 bits per heavy atom. The van der Waals surface area contributed by atoms with Crippen molar-refractivity contribution in [2.75, 3.05) is 6.54 Å². The lowest BCUT2D eigenvalue weighted by Gasteiger charge is -1.97. The summed E-state index contributed by atoms with van der Waals surface area (Å²) in [5.41, 5.74) is -1.19. The molecule has 0 saturated carbocycles. The Hall–Kier alpha value is -2.49. The summed E-state index contributed by atoms with van der Waals surface area (Å²) in [5, 5.41) is 12.9. The monoisotopic (exact) mass is 268 g/mol. The van der Waals surface area contributed by atoms with Crippen LogP contribution in [0.5, 0.6) is 0 Å². The summed E-state index contributed by atoms with van der Waals surface area (Å²) in [4.78, 5) is 19.8. The fraction of sp³-hybridized carbons (Fsp3) is 0.250. The summed E-state index contributed by atoms with van der Waals surface area (Å²) in [7, 11) is 0. The molecule has 1 amide bonds. The number of nitrogens with zero attached hydrogens (tertiary/aromatic N) is 1. The second kappa shape index (κ2) is 6.44. The van der Waals surface area contributed by atoms with Crippen LogP contribution in [0.4, 0.5) is 14.5 Å². The van der Waals surface area contributed by atoms with Crippen LogP contribution >= 0.6 is 0 Å². The molecule has 0 fully saturated rings. The standard InChI is InChI=1S/C12H10F2N2O3/c1-8(17)15-5-3-2-4-9-6-10(13)12(16(18)19)11(14)7-9/h6-7H,3,5H2,1H3,(H,15,17). The van der Waals surface area contributed by atoms with E-state index in [2.05, 4.69) is 17.2 Å². The lowest BCUT2D eigenvalue weighted by molar-refractivity contribution is -0.390. The summed E-state index contributed by atoms with van der Waals surface area (Å²) in [6, 6.07) is 1.60. The number of carbonyl (C=O) groups is 1. The number of nitro groups is 1. The van der Waals surface area contributed by atoms with Crippen LogP contribution in [0.25, 0.3) is 0 Å². The van der Waals surface area contributed by atoms with Gasteiger partial charge < -0.3 is 5.32 Å². The first-order valence-electron chi connectivity index (χ1n) is 5.28. The normalized spacial score (nSPS) is 9.42. The third kappa shape index (κ3) is 4.35. The second-order valence-electron chi connectivity index (χ2n) is 3.58. The Balaban J connectivity index is 2.79. The second-order valence-corrected chi connectivity index (χ2v) is 3.58. The van der Waals surface area contributed by atoms with Crippen LogP contribution in [0.15, 0.2) is 12.1 Å². The van der Waals surface area contributed by atoms with Crippen LogP contribution in [-0.4, -0.2) is 17.4 Å². The first-order chi connectivity index (χ1) is 8.91. The third-order valence-corrected chi connectivity index (χ3v) is 2.06. The van der Waals surface area contributed by atoms with Crippen molar-refractivity contribution in [3.05, 3.63) is 39.4 Å². The van der Waals surface area contributed by atoms with E-state index in [-0.39, 0.29) is 11.5 Å². The summed E-state index contributed by atoms with van der Waals surface area (Å²) in [6.45, 7) is 1.68. The van der Waals surface area contributed by atoms with Gasteiger partial charge in [0, 0.05) is 25.5 Å². The van der Waals surface area contributed by atoms with Gasteiger partial charge in [0.1, 0.15) is 0 Å². The summed E-state index contributed by atoms with van der Waals surface area (Å²) in [6.07, 6.45) is 0.305. The van der Waals surface area contributed by atoms with Gasteiger partial charge in [-0.2, -0.15) is 8.78 Å². The Morgan fingerprint density at radius 1 is 1.42 bits per heavy atom. The van der Waals surface area contributed by atoms with Crippen LogP contribution in [0.1, 0.15) is 18.9 Å². The molecule has 0 aromatic heterocycles. The van der Waals surface area contributed by atoms with Gasteiger partial charge in [-0.25, -0.2) is 0 Å². The highest BCUT2D eigenvalue weighted by Gasteiger charge is 2.21. The maximum absolute atomic E-state index is 13.2. The molecule has 0 aliphatic heterocycles. The van der Waals surface area contributed by atoms with E-state index in [4.69, 9.17) is 0 Å². The van der Waals surface area contributed by atoms with Crippen molar-refractivity contribution in [1.82, 2.24) is 5.32 Å². The number of amides is 1. The highest BCUT2D eigenvalue weighted by molar-refractivity contribution is 5.72. The maximum Gasteiger partial charge on any atom is 0.340 e. The molecule has 0 radical (unpaired) electrons. The van der Waals surface area contributed by atoms with Crippen molar-refractivity contribution in [2.45, 2.75) is 13.3 Å². The average Bonchev–Trinajstić information content (AvgIpc) is 2.26. The number of hydrogen-bond acceptors (Lipinski definition) is 3. The zero-order valence-electron chi connectivity index (χ0n) is 10.00. The van der Waals surface area contributed by atoms with Gasteiger partial charge in [-0.15, -0.1) is 0 Å². The van der Waals surface area contributed by atoms with Crippen LogP contribution < -0.4 is 5.32 Å². The SMILES string of the molecule is CC(=O)NCCC#Cc1cc(F)c([N+](=O)[O-])c(F)c1. The molecule has 0 bridgehead atoms. The van der Waals surface area contributed by atoms with E-state index in [1.807, 2.05) is 0 Å². The number of rotatable bonds is 3. The molecule has 100 valence electrons. The molecule has 1 aromatic rings. The molecular weight excluding hydrogens is 258 g/mol. The molecule has 5 nitrogen and oxygen atoms in total. The predicted molar refractivity (Wildman–Crippen MR) is 63.2 cm³/mol. The first-order valence-corrected chi connectivity index (χ1v) is 5.28. The molecule has 1 aromatic carbocycles. The van der Waals surface area contributed by atoms with E-state index < -0.39 is 22.2 Å². The molecule has 7 heteroatoms. The van der Waals surface area contributed by atoms with Gasteiger partial charge >= 0.3 is 5.69 Å². The number of nitro benzene ring substituents is 1. The largest absolute Gasteiger partial charge is 0.355 e. The Kier molecular flexibility index (Phi) is 4.94. The van der Waals surface area contributed by atoms with Gasteiger partial charge in [0.2, 0.25) is 17.5 Å². The van der Waals surface area contributed by atoms with Crippen molar-refractivity contribution in [3.63, 3.8) is 0 Å². The lowest BCUT2D eigenvalue weighted by atomic mass is 10.2. The van der Waals surface area contributed by atoms with E-state index in [1.54, 1.807) is 0 Å². The van der Waals surface area contributed by atoms with Gasteiger partial charge in [0.05, 0.1) is 4.92 Å². The van der Waals surface area contributed by atoms with Gasteiger partial charge in [-0.05, 0) is 12.1 Å². The van der Waals surface area contributed by atoms with Gasteiger partial charge in [0.15, 0.2) is 0 Å². The summed E-state index contributed by atoms with van der Waals surface area (Å²) >= 11 is 0. The molecule has 0 spiro atoms. The van der Waals surface area contributed by atoms with Crippen molar-refractivity contribution >= 4 is 11.6 Å². The van der Waals surface area contributed by atoms with Crippen molar-refractivity contribution in [3.8, 4) is 11.8 Å². The van der Waals surface area contributed by atoms with E-state index in [9.17, 15) is 23.7 Å². The first kappa shape index (κ1) is 14.6. The lowest BCUT2D eigenvalue weighted by Crippen LogP contribution is -2.20. The highest BCUT2D eigenvalue weighted by atomic mass is 19.1. The number of carbonyl (C=O) groups excluding carboxylic acids is 1. The van der Waals surface area contributed by atoms with Crippen LogP contribution in [0.2, 0.25) is 0 Å². The van der Waals surface area contributed by atoms with Crippen molar-refractivity contribution in [2.24, 2.45) is 0 Å². The average molecular weight is 268 g/mol. The molecule has 0 saturated heterocycles. The molecule has 0 unspecified atom stereocenters. The molecule has 1 N–H and O–H groups in total. The van der Waals surface area contributed by atoms with E-state index in [1.165, 1.54) is 6.92 Å². The molecule has 1 rings (SSSR count).